The lowest BCUT2D eigenvalue weighted by Crippen LogP contribution is -2.42. The van der Waals surface area contributed by atoms with Gasteiger partial charge >= 0.3 is 6.18 Å². The van der Waals surface area contributed by atoms with E-state index in [1.807, 2.05) is 0 Å². The first kappa shape index (κ1) is 14.0. The molecule has 0 amide bonds. The van der Waals surface area contributed by atoms with Crippen molar-refractivity contribution in [1.29, 1.82) is 0 Å². The average Bonchev–Trinajstić information content (AvgIpc) is 2.39. The van der Waals surface area contributed by atoms with E-state index in [9.17, 15) is 18.0 Å². The molecule has 1 N–H and O–H groups in total. The second-order valence-electron chi connectivity index (χ2n) is 4.40. The summed E-state index contributed by atoms with van der Waals surface area (Å²) in [5, 5.41) is 3.05. The molecule has 6 heteroatoms. The normalized spacial score (nSPS) is 20.3. The van der Waals surface area contributed by atoms with Gasteiger partial charge in [0.25, 0.3) is 0 Å². The third kappa shape index (κ3) is 3.54. The molecule has 1 saturated heterocycles. The fraction of sp³-hybridized carbons (Fsp3) is 0.462. The molecule has 0 radical (unpaired) electrons. The Labute approximate surface area is 108 Å². The van der Waals surface area contributed by atoms with E-state index in [1.54, 1.807) is 0 Å². The first-order valence-corrected chi connectivity index (χ1v) is 5.99. The van der Waals surface area contributed by atoms with Crippen molar-refractivity contribution in [2.24, 2.45) is 0 Å². The maximum Gasteiger partial charge on any atom is 0.417 e. The molecule has 1 unspecified atom stereocenters. The molecular weight excluding hydrogens is 259 g/mol. The van der Waals surface area contributed by atoms with E-state index in [4.69, 9.17) is 4.74 Å². The van der Waals surface area contributed by atoms with Crippen molar-refractivity contribution in [3.8, 4) is 0 Å². The quantitative estimate of drug-likeness (QED) is 0.859. The molecule has 1 aliphatic rings. The van der Waals surface area contributed by atoms with E-state index in [-0.39, 0.29) is 18.0 Å². The van der Waals surface area contributed by atoms with Gasteiger partial charge in [0.05, 0.1) is 18.8 Å². The van der Waals surface area contributed by atoms with Crippen molar-refractivity contribution in [1.82, 2.24) is 5.32 Å². The summed E-state index contributed by atoms with van der Waals surface area (Å²) in [5.74, 6) is -0.518. The fourth-order valence-corrected chi connectivity index (χ4v) is 2.06. The van der Waals surface area contributed by atoms with Gasteiger partial charge in [-0.3, -0.25) is 4.79 Å². The molecule has 0 saturated carbocycles. The van der Waals surface area contributed by atoms with Crippen LogP contribution in [0.4, 0.5) is 13.2 Å². The number of morpholine rings is 1. The van der Waals surface area contributed by atoms with Gasteiger partial charge in [-0.1, -0.05) is 18.2 Å². The largest absolute Gasteiger partial charge is 0.417 e. The minimum absolute atomic E-state index is 0.00704. The average molecular weight is 273 g/mol. The van der Waals surface area contributed by atoms with Crippen LogP contribution in [-0.2, 0) is 10.9 Å². The maximum atomic E-state index is 12.8. The second kappa shape index (κ2) is 5.71. The molecule has 1 aromatic rings. The Kier molecular flexibility index (Phi) is 4.21. The van der Waals surface area contributed by atoms with Crippen molar-refractivity contribution in [3.63, 3.8) is 0 Å². The number of benzene rings is 1. The fourth-order valence-electron chi connectivity index (χ4n) is 2.06. The van der Waals surface area contributed by atoms with Crippen LogP contribution in [0.3, 0.4) is 0 Å². The van der Waals surface area contributed by atoms with Crippen LogP contribution in [0, 0.1) is 0 Å². The number of hydrogen-bond donors (Lipinski definition) is 1. The van der Waals surface area contributed by atoms with Crippen LogP contribution in [-0.4, -0.2) is 31.6 Å². The highest BCUT2D eigenvalue weighted by molar-refractivity contribution is 5.98. The van der Waals surface area contributed by atoms with Crippen LogP contribution in [0.15, 0.2) is 24.3 Å². The summed E-state index contributed by atoms with van der Waals surface area (Å²) in [6.45, 7) is 1.52. The van der Waals surface area contributed by atoms with Crippen molar-refractivity contribution >= 4 is 5.78 Å². The third-order valence-corrected chi connectivity index (χ3v) is 2.96. The summed E-state index contributed by atoms with van der Waals surface area (Å²) in [5.41, 5.74) is -1.15. The Bertz CT molecular complexity index is 453. The van der Waals surface area contributed by atoms with Gasteiger partial charge in [-0.25, -0.2) is 0 Å². The van der Waals surface area contributed by atoms with Gasteiger partial charge in [0.2, 0.25) is 0 Å². The van der Waals surface area contributed by atoms with E-state index in [0.717, 1.165) is 6.07 Å². The molecule has 1 atom stereocenters. The van der Waals surface area contributed by atoms with Gasteiger partial charge in [-0.2, -0.15) is 13.2 Å². The highest BCUT2D eigenvalue weighted by Crippen LogP contribution is 2.32. The lowest BCUT2D eigenvalue weighted by molar-refractivity contribution is -0.137. The zero-order valence-corrected chi connectivity index (χ0v) is 10.2. The number of nitrogens with one attached hydrogen (secondary N) is 1. The summed E-state index contributed by atoms with van der Waals surface area (Å²) in [7, 11) is 0. The molecule has 104 valence electrons. The maximum absolute atomic E-state index is 12.8. The van der Waals surface area contributed by atoms with Crippen molar-refractivity contribution in [2.75, 3.05) is 19.8 Å². The Morgan fingerprint density at radius 3 is 2.74 bits per heavy atom. The van der Waals surface area contributed by atoms with E-state index in [0.29, 0.717) is 19.8 Å². The Hall–Kier alpha value is -1.40. The number of carbonyl (C=O) groups is 1. The van der Waals surface area contributed by atoms with Crippen molar-refractivity contribution in [3.05, 3.63) is 35.4 Å². The van der Waals surface area contributed by atoms with Crippen LogP contribution in [0.25, 0.3) is 0 Å². The molecule has 2 rings (SSSR count). The summed E-state index contributed by atoms with van der Waals surface area (Å²) in [6, 6.07) is 4.64. The smallest absolute Gasteiger partial charge is 0.378 e. The van der Waals surface area contributed by atoms with Crippen LogP contribution in [0.2, 0.25) is 0 Å². The molecule has 1 fully saturated rings. The van der Waals surface area contributed by atoms with Crippen LogP contribution < -0.4 is 5.32 Å². The molecule has 3 nitrogen and oxygen atoms in total. The number of ketones is 1. The van der Waals surface area contributed by atoms with Gasteiger partial charge in [0.15, 0.2) is 5.78 Å². The predicted octanol–water partition coefficient (Wildman–Crippen LogP) is 2.27. The van der Waals surface area contributed by atoms with Crippen molar-refractivity contribution in [2.45, 2.75) is 18.6 Å². The molecule has 1 heterocycles. The zero-order valence-electron chi connectivity index (χ0n) is 10.2. The monoisotopic (exact) mass is 273 g/mol. The number of carbonyl (C=O) groups excluding carboxylic acids is 1. The van der Waals surface area contributed by atoms with E-state index < -0.39 is 17.5 Å². The highest BCUT2D eigenvalue weighted by Gasteiger charge is 2.35. The summed E-state index contributed by atoms with van der Waals surface area (Å²) in [6.07, 6.45) is -4.50. The molecule has 1 aromatic carbocycles. The molecule has 19 heavy (non-hydrogen) atoms. The lowest BCUT2D eigenvalue weighted by Gasteiger charge is -2.23. The van der Waals surface area contributed by atoms with Gasteiger partial charge < -0.3 is 10.1 Å². The topological polar surface area (TPSA) is 38.3 Å². The van der Waals surface area contributed by atoms with Crippen LogP contribution >= 0.6 is 0 Å². The van der Waals surface area contributed by atoms with E-state index in [1.165, 1.54) is 18.2 Å². The summed E-state index contributed by atoms with van der Waals surface area (Å²) in [4.78, 5) is 12.0. The van der Waals surface area contributed by atoms with Gasteiger partial charge in [-0.05, 0) is 6.07 Å². The molecule has 0 bridgehead atoms. The Balaban J connectivity index is 2.14. The van der Waals surface area contributed by atoms with Crippen LogP contribution in [0.5, 0.6) is 0 Å². The van der Waals surface area contributed by atoms with Gasteiger partial charge in [-0.15, -0.1) is 0 Å². The van der Waals surface area contributed by atoms with Crippen LogP contribution in [0.1, 0.15) is 22.3 Å². The summed E-state index contributed by atoms with van der Waals surface area (Å²) < 4.78 is 43.6. The molecular formula is C13H14F3NO2. The zero-order chi connectivity index (χ0) is 13.9. The predicted molar refractivity (Wildman–Crippen MR) is 63.0 cm³/mol. The van der Waals surface area contributed by atoms with E-state index in [2.05, 4.69) is 5.32 Å². The SMILES string of the molecule is O=C(CC1COCCN1)c1ccccc1C(F)(F)F. The Morgan fingerprint density at radius 1 is 1.37 bits per heavy atom. The number of halogens is 3. The highest BCUT2D eigenvalue weighted by atomic mass is 19.4. The van der Waals surface area contributed by atoms with Gasteiger partial charge in [0, 0.05) is 24.6 Å². The first-order chi connectivity index (χ1) is 8.98. The molecule has 0 spiro atoms. The van der Waals surface area contributed by atoms with Crippen molar-refractivity contribution < 1.29 is 22.7 Å². The number of ether oxygens (including phenoxy) is 1. The first-order valence-electron chi connectivity index (χ1n) is 5.99. The molecule has 1 aliphatic heterocycles. The second-order valence-corrected chi connectivity index (χ2v) is 4.40. The number of hydrogen-bond acceptors (Lipinski definition) is 3. The number of alkyl halides is 3. The minimum Gasteiger partial charge on any atom is -0.378 e. The minimum atomic E-state index is -4.51. The molecule has 0 aromatic heterocycles. The summed E-state index contributed by atoms with van der Waals surface area (Å²) >= 11 is 0. The number of rotatable bonds is 3. The van der Waals surface area contributed by atoms with E-state index >= 15 is 0 Å². The Morgan fingerprint density at radius 2 is 2.11 bits per heavy atom. The third-order valence-electron chi connectivity index (χ3n) is 2.96. The van der Waals surface area contributed by atoms with Gasteiger partial charge in [0.1, 0.15) is 0 Å². The molecule has 0 aliphatic carbocycles. The lowest BCUT2D eigenvalue weighted by atomic mass is 9.98. The number of Topliss-reactive ketones (excluding diaryl/α,β-unsaturated/α-hetero) is 1. The standard InChI is InChI=1S/C13H14F3NO2/c14-13(15,16)11-4-2-1-3-10(11)12(18)7-9-8-19-6-5-17-9/h1-4,9,17H,5-8H2.